The van der Waals surface area contributed by atoms with Gasteiger partial charge in [-0.15, -0.1) is 0 Å². The second-order valence-electron chi connectivity index (χ2n) is 14.2. The summed E-state index contributed by atoms with van der Waals surface area (Å²) in [5, 5.41) is 0. The van der Waals surface area contributed by atoms with Crippen molar-refractivity contribution < 1.29 is 0 Å². The van der Waals surface area contributed by atoms with E-state index in [9.17, 15) is 0 Å². The van der Waals surface area contributed by atoms with Crippen LogP contribution in [-0.4, -0.2) is 13.2 Å². The maximum Gasteiger partial charge on any atom is 0.106 e. The van der Waals surface area contributed by atoms with E-state index in [1.54, 1.807) is 33.4 Å². The summed E-state index contributed by atoms with van der Waals surface area (Å²) in [6.07, 6.45) is 41.4. The quantitative estimate of drug-likeness (QED) is 0.336. The number of nitrogens with zero attached hydrogens (tertiary/aromatic N) is 2. The van der Waals surface area contributed by atoms with E-state index in [2.05, 4.69) is 134 Å². The molecule has 1 aromatic carbocycles. The molecule has 0 fully saturated rings. The Bertz CT molecular complexity index is 1680. The second kappa shape index (κ2) is 11.9. The van der Waals surface area contributed by atoms with Crippen molar-refractivity contribution in [2.75, 3.05) is 16.8 Å². The maximum absolute atomic E-state index is 2.62. The summed E-state index contributed by atoms with van der Waals surface area (Å²) in [5.74, 6) is 2.81. The Labute approximate surface area is 271 Å². The molecule has 230 valence electrons. The summed E-state index contributed by atoms with van der Waals surface area (Å²) in [4.78, 5) is 5.02. The van der Waals surface area contributed by atoms with Gasteiger partial charge in [-0.25, -0.2) is 0 Å². The van der Waals surface area contributed by atoms with Crippen LogP contribution >= 0.6 is 0 Å². The van der Waals surface area contributed by atoms with Crippen LogP contribution in [0.4, 0.5) is 11.4 Å². The van der Waals surface area contributed by atoms with Crippen molar-refractivity contribution in [3.8, 4) is 0 Å². The number of fused-ring (bicyclic) bond motifs is 2. The molecule has 0 amide bonds. The highest BCUT2D eigenvalue weighted by atomic mass is 15.4. The number of hydrogen-bond acceptors (Lipinski definition) is 2. The smallest absolute Gasteiger partial charge is 0.106 e. The lowest BCUT2D eigenvalue weighted by Gasteiger charge is -2.46. The van der Waals surface area contributed by atoms with E-state index in [1.165, 1.54) is 49.2 Å². The summed E-state index contributed by atoms with van der Waals surface area (Å²) < 4.78 is 0. The SMILES string of the molecule is CCC1N(C)c2ccccc2N1C1=CCC(C2=C3C=CC=C[C@@H]3C([C@@H]3CC=C(C4=CC=CCC4)CC3C)C3=C2CCC=C3)C=C1. The van der Waals surface area contributed by atoms with Gasteiger partial charge in [-0.1, -0.05) is 98.9 Å². The molecule has 1 heterocycles. The lowest BCUT2D eigenvalue weighted by atomic mass is 9.58. The van der Waals surface area contributed by atoms with Gasteiger partial charge in [-0.05, 0) is 121 Å². The summed E-state index contributed by atoms with van der Waals surface area (Å²) in [5.41, 5.74) is 13.8. The highest BCUT2D eigenvalue weighted by Gasteiger charge is 2.43. The van der Waals surface area contributed by atoms with E-state index in [4.69, 9.17) is 0 Å². The van der Waals surface area contributed by atoms with E-state index in [1.807, 2.05) is 0 Å². The van der Waals surface area contributed by atoms with Crippen LogP contribution in [-0.2, 0) is 0 Å². The molecule has 1 aromatic rings. The van der Waals surface area contributed by atoms with E-state index >= 15 is 0 Å². The van der Waals surface area contributed by atoms with Gasteiger partial charge >= 0.3 is 0 Å². The van der Waals surface area contributed by atoms with Gasteiger partial charge < -0.3 is 9.80 Å². The topological polar surface area (TPSA) is 6.48 Å². The Morgan fingerprint density at radius 3 is 2.47 bits per heavy atom. The van der Waals surface area contributed by atoms with Gasteiger partial charge in [0.25, 0.3) is 0 Å². The third-order valence-corrected chi connectivity index (χ3v) is 11.8. The molecule has 8 rings (SSSR count). The standard InChI is InChI=1S/C43H48N2/c1-4-41-44(3)39-20-12-13-21-40(39)45(41)33-25-22-31(23-26-33)42-35-16-8-10-18-37(35)43(38-19-11-9-17-36(38)42)34-27-24-32(28-29(34)2)30-14-6-5-7-15-30/h5-6,8,10-14,16,18-22,24-26,29,31,34,37,41,43H,4,7,9,15,17,23,27-28H2,1-3H3/t29?,31?,34-,37+,41?,43?/m1/s1. The van der Waals surface area contributed by atoms with Gasteiger partial charge in [-0.2, -0.15) is 0 Å². The first-order valence-corrected chi connectivity index (χ1v) is 17.7. The molecule has 0 N–H and O–H groups in total. The van der Waals surface area contributed by atoms with Gasteiger partial charge in [0.05, 0.1) is 11.4 Å². The fourth-order valence-electron chi connectivity index (χ4n) is 9.68. The minimum absolute atomic E-state index is 0.360. The molecular formula is C43H48N2. The summed E-state index contributed by atoms with van der Waals surface area (Å²) >= 11 is 0. The Hall–Kier alpha value is -3.78. The second-order valence-corrected chi connectivity index (χ2v) is 14.2. The molecule has 4 unspecified atom stereocenters. The van der Waals surface area contributed by atoms with Gasteiger partial charge in [0.1, 0.15) is 6.17 Å². The highest BCUT2D eigenvalue weighted by molar-refractivity contribution is 5.80. The first-order valence-electron chi connectivity index (χ1n) is 17.7. The van der Waals surface area contributed by atoms with Gasteiger partial charge in [0, 0.05) is 24.6 Å². The molecule has 0 aromatic heterocycles. The van der Waals surface area contributed by atoms with Crippen LogP contribution in [0.2, 0.25) is 0 Å². The predicted octanol–water partition coefficient (Wildman–Crippen LogP) is 10.7. The number of hydrogen-bond donors (Lipinski definition) is 0. The van der Waals surface area contributed by atoms with Crippen LogP contribution in [0.5, 0.6) is 0 Å². The monoisotopic (exact) mass is 592 g/mol. The summed E-state index contributed by atoms with van der Waals surface area (Å²) in [6, 6.07) is 8.90. The predicted molar refractivity (Wildman–Crippen MR) is 191 cm³/mol. The fourth-order valence-corrected chi connectivity index (χ4v) is 9.68. The van der Waals surface area contributed by atoms with Crippen molar-refractivity contribution >= 4 is 11.4 Å². The highest BCUT2D eigenvalue weighted by Crippen LogP contribution is 2.54. The first-order chi connectivity index (χ1) is 22.1. The fraction of sp³-hybridized carbons (Fsp3) is 0.395. The average Bonchev–Trinajstić information content (AvgIpc) is 3.39. The zero-order valence-corrected chi connectivity index (χ0v) is 27.3. The third kappa shape index (κ3) is 4.84. The van der Waals surface area contributed by atoms with Crippen molar-refractivity contribution in [2.45, 2.75) is 71.4 Å². The molecule has 6 aliphatic carbocycles. The maximum atomic E-state index is 2.62. The Morgan fingerprint density at radius 2 is 1.69 bits per heavy atom. The normalized spacial score (nSPS) is 31.9. The molecule has 1 aliphatic heterocycles. The van der Waals surface area contributed by atoms with Crippen LogP contribution in [0.15, 0.2) is 142 Å². The van der Waals surface area contributed by atoms with Crippen LogP contribution in [0.25, 0.3) is 0 Å². The first kappa shape index (κ1) is 28.7. The zero-order chi connectivity index (χ0) is 30.5. The Morgan fingerprint density at radius 1 is 0.822 bits per heavy atom. The van der Waals surface area contributed by atoms with Crippen molar-refractivity contribution in [1.82, 2.24) is 0 Å². The van der Waals surface area contributed by atoms with E-state index < -0.39 is 0 Å². The van der Waals surface area contributed by atoms with Crippen molar-refractivity contribution in [1.29, 1.82) is 0 Å². The van der Waals surface area contributed by atoms with Crippen molar-refractivity contribution in [2.24, 2.45) is 29.6 Å². The average molecular weight is 593 g/mol. The van der Waals surface area contributed by atoms with Crippen molar-refractivity contribution in [3.05, 3.63) is 142 Å². The summed E-state index contributed by atoms with van der Waals surface area (Å²) in [7, 11) is 2.25. The molecule has 6 atom stereocenters. The molecule has 0 saturated carbocycles. The molecule has 2 nitrogen and oxygen atoms in total. The van der Waals surface area contributed by atoms with Crippen LogP contribution in [0, 0.1) is 29.6 Å². The van der Waals surface area contributed by atoms with E-state index in [0.29, 0.717) is 35.8 Å². The molecule has 45 heavy (non-hydrogen) atoms. The van der Waals surface area contributed by atoms with E-state index in [0.717, 1.165) is 19.3 Å². The van der Waals surface area contributed by atoms with Crippen LogP contribution < -0.4 is 9.80 Å². The molecule has 0 saturated heterocycles. The number of benzene rings is 1. The number of rotatable bonds is 5. The molecule has 0 bridgehead atoms. The largest absolute Gasteiger partial charge is 0.352 e. The Kier molecular flexibility index (Phi) is 7.56. The minimum Gasteiger partial charge on any atom is -0.352 e. The number of anilines is 2. The number of allylic oxidation sites excluding steroid dienone is 19. The van der Waals surface area contributed by atoms with Gasteiger partial charge in [0.15, 0.2) is 0 Å². The van der Waals surface area contributed by atoms with Crippen molar-refractivity contribution in [3.63, 3.8) is 0 Å². The third-order valence-electron chi connectivity index (χ3n) is 11.8. The zero-order valence-electron chi connectivity index (χ0n) is 27.3. The minimum atomic E-state index is 0.360. The molecule has 2 heteroatoms. The lowest BCUT2D eigenvalue weighted by molar-refractivity contribution is 0.227. The molecule has 0 spiro atoms. The Balaban J connectivity index is 1.12. The number of para-hydroxylation sites is 2. The summed E-state index contributed by atoms with van der Waals surface area (Å²) in [6.45, 7) is 4.85. The van der Waals surface area contributed by atoms with Crippen LogP contribution in [0.1, 0.15) is 65.2 Å². The molecule has 7 aliphatic rings. The molecular weight excluding hydrogens is 544 g/mol. The van der Waals surface area contributed by atoms with Gasteiger partial charge in [-0.3, -0.25) is 0 Å². The van der Waals surface area contributed by atoms with E-state index in [-0.39, 0.29) is 0 Å². The van der Waals surface area contributed by atoms with Crippen LogP contribution in [0.3, 0.4) is 0 Å². The lowest BCUT2D eigenvalue weighted by Crippen LogP contribution is -2.40. The molecule has 0 radical (unpaired) electrons. The van der Waals surface area contributed by atoms with Gasteiger partial charge in [0.2, 0.25) is 0 Å².